The number of nitrogens with zero attached hydrogens (tertiary/aromatic N) is 1. The molecule has 218 valence electrons. The highest BCUT2D eigenvalue weighted by Crippen LogP contribution is 2.45. The number of hydrogen-bond donors (Lipinski definition) is 1. The number of hydrogen-bond acceptors (Lipinski definition) is 8. The largest absolute Gasteiger partial charge is 0.497 e. The molecule has 1 unspecified atom stereocenters. The second kappa shape index (κ2) is 13.0. The average molecular weight is 617 g/mol. The van der Waals surface area contributed by atoms with Crippen molar-refractivity contribution in [2.24, 2.45) is 5.73 Å². The van der Waals surface area contributed by atoms with Gasteiger partial charge in [0.1, 0.15) is 35.5 Å². The smallest absolute Gasteiger partial charge is 0.343 e. The van der Waals surface area contributed by atoms with Crippen LogP contribution in [0.1, 0.15) is 39.9 Å². The van der Waals surface area contributed by atoms with E-state index in [4.69, 9.17) is 52.6 Å². The molecule has 10 heteroatoms. The third-order valence-corrected chi connectivity index (χ3v) is 7.29. The summed E-state index contributed by atoms with van der Waals surface area (Å²) in [6.07, 6.45) is 0. The van der Waals surface area contributed by atoms with Gasteiger partial charge in [0.2, 0.25) is 5.88 Å². The fourth-order valence-corrected chi connectivity index (χ4v) is 5.11. The highest BCUT2D eigenvalue weighted by atomic mass is 35.5. The molecule has 2 N–H and O–H groups in total. The van der Waals surface area contributed by atoms with Crippen LogP contribution in [0.4, 0.5) is 0 Å². The zero-order chi connectivity index (χ0) is 30.5. The second-order valence-corrected chi connectivity index (χ2v) is 10.3. The summed E-state index contributed by atoms with van der Waals surface area (Å²) < 4.78 is 28.5. The Balaban J connectivity index is 1.44. The van der Waals surface area contributed by atoms with Crippen molar-refractivity contribution >= 4 is 29.2 Å². The van der Waals surface area contributed by atoms with Gasteiger partial charge in [-0.05, 0) is 61.0 Å². The van der Waals surface area contributed by atoms with Crippen molar-refractivity contribution in [3.05, 3.63) is 123 Å². The molecule has 0 saturated carbocycles. The molecule has 0 saturated heterocycles. The molecule has 0 aromatic heterocycles. The summed E-state index contributed by atoms with van der Waals surface area (Å²) in [5, 5.41) is 11.0. The van der Waals surface area contributed by atoms with E-state index in [2.05, 4.69) is 6.07 Å². The van der Waals surface area contributed by atoms with E-state index in [1.807, 2.05) is 19.1 Å². The molecule has 1 heterocycles. The highest BCUT2D eigenvalue weighted by molar-refractivity contribution is 6.35. The van der Waals surface area contributed by atoms with Gasteiger partial charge in [-0.1, -0.05) is 47.5 Å². The Kier molecular flexibility index (Phi) is 8.96. The third kappa shape index (κ3) is 6.49. The number of esters is 1. The molecule has 0 fully saturated rings. The van der Waals surface area contributed by atoms with Crippen LogP contribution in [0.3, 0.4) is 0 Å². The molecule has 4 aromatic rings. The predicted molar refractivity (Wildman–Crippen MR) is 162 cm³/mol. The third-order valence-electron chi connectivity index (χ3n) is 6.71. The van der Waals surface area contributed by atoms with Gasteiger partial charge >= 0.3 is 5.97 Å². The summed E-state index contributed by atoms with van der Waals surface area (Å²) in [5.41, 5.74) is 8.92. The summed E-state index contributed by atoms with van der Waals surface area (Å²) in [5.74, 6) is 0.930. The lowest BCUT2D eigenvalue weighted by Gasteiger charge is -2.27. The Morgan fingerprint density at radius 1 is 0.977 bits per heavy atom. The first kappa shape index (κ1) is 29.6. The van der Waals surface area contributed by atoms with Gasteiger partial charge < -0.3 is 29.4 Å². The number of methoxy groups -OCH3 is 1. The normalized spacial score (nSPS) is 13.8. The molecule has 4 aromatic carbocycles. The Morgan fingerprint density at radius 2 is 1.81 bits per heavy atom. The summed E-state index contributed by atoms with van der Waals surface area (Å²) >= 11 is 12.3. The molecular weight excluding hydrogens is 591 g/mol. The maximum absolute atomic E-state index is 12.8. The number of ether oxygens (including phenoxy) is 5. The molecule has 0 bridgehead atoms. The van der Waals surface area contributed by atoms with E-state index in [1.165, 1.54) is 7.11 Å². The minimum absolute atomic E-state index is 0.0491. The average Bonchev–Trinajstić information content (AvgIpc) is 3.00. The van der Waals surface area contributed by atoms with Crippen molar-refractivity contribution in [1.82, 2.24) is 0 Å². The number of nitrogens with two attached hydrogens (primary N) is 1. The van der Waals surface area contributed by atoms with Crippen LogP contribution >= 0.6 is 23.2 Å². The quantitative estimate of drug-likeness (QED) is 0.153. The zero-order valence-corrected chi connectivity index (χ0v) is 24.7. The Bertz CT molecular complexity index is 1760. The van der Waals surface area contributed by atoms with Gasteiger partial charge in [-0.3, -0.25) is 0 Å². The summed E-state index contributed by atoms with van der Waals surface area (Å²) in [7, 11) is 1.52. The number of nitriles is 1. The van der Waals surface area contributed by atoms with E-state index in [0.29, 0.717) is 50.8 Å². The van der Waals surface area contributed by atoms with Crippen LogP contribution in [0.25, 0.3) is 0 Å². The van der Waals surface area contributed by atoms with Crippen LogP contribution in [0.15, 0.2) is 90.3 Å². The molecule has 0 amide bonds. The van der Waals surface area contributed by atoms with Crippen LogP contribution in [-0.4, -0.2) is 19.7 Å². The summed E-state index contributed by atoms with van der Waals surface area (Å²) in [4.78, 5) is 12.8. The number of carbonyl (C=O) groups is 1. The number of halogens is 2. The highest BCUT2D eigenvalue weighted by Gasteiger charge is 2.32. The van der Waals surface area contributed by atoms with Crippen molar-refractivity contribution in [2.45, 2.75) is 19.4 Å². The first-order valence-corrected chi connectivity index (χ1v) is 14.0. The maximum atomic E-state index is 12.8. The van der Waals surface area contributed by atoms with Crippen molar-refractivity contribution < 1.29 is 28.5 Å². The first-order valence-electron chi connectivity index (χ1n) is 13.2. The second-order valence-electron chi connectivity index (χ2n) is 9.41. The van der Waals surface area contributed by atoms with E-state index in [0.717, 1.165) is 11.1 Å². The predicted octanol–water partition coefficient (Wildman–Crippen LogP) is 7.42. The van der Waals surface area contributed by atoms with E-state index in [-0.39, 0.29) is 23.8 Å². The number of allylic oxidation sites excluding steroid dienone is 1. The van der Waals surface area contributed by atoms with Crippen LogP contribution in [0.5, 0.6) is 28.7 Å². The first-order chi connectivity index (χ1) is 20.8. The monoisotopic (exact) mass is 616 g/mol. The van der Waals surface area contributed by atoms with Crippen molar-refractivity contribution in [2.75, 3.05) is 13.7 Å². The molecule has 1 atom stereocenters. The fraction of sp³-hybridized carbons (Fsp3) is 0.152. The van der Waals surface area contributed by atoms with Crippen LogP contribution < -0.4 is 29.4 Å². The zero-order valence-electron chi connectivity index (χ0n) is 23.2. The number of rotatable bonds is 9. The SMILES string of the molecule is CCOc1cc(C2C(C#N)=C(N)Oc3cc(OC(=O)c4cccc(OC)c4)ccc32)ccc1OCc1ccc(Cl)cc1Cl. The minimum Gasteiger partial charge on any atom is -0.497 e. The van der Waals surface area contributed by atoms with Crippen molar-refractivity contribution in [1.29, 1.82) is 5.26 Å². The number of fused-ring (bicyclic) bond motifs is 1. The molecule has 8 nitrogen and oxygen atoms in total. The van der Waals surface area contributed by atoms with E-state index in [1.54, 1.807) is 66.7 Å². The van der Waals surface area contributed by atoms with Crippen LogP contribution in [0, 0.1) is 11.3 Å². The minimum atomic E-state index is -0.573. The summed E-state index contributed by atoms with van der Waals surface area (Å²) in [6, 6.07) is 24.4. The number of benzene rings is 4. The van der Waals surface area contributed by atoms with E-state index in [9.17, 15) is 10.1 Å². The van der Waals surface area contributed by atoms with Gasteiger partial charge in [-0.15, -0.1) is 0 Å². The van der Waals surface area contributed by atoms with E-state index < -0.39 is 11.9 Å². The van der Waals surface area contributed by atoms with Crippen LogP contribution in [0.2, 0.25) is 10.0 Å². The lowest BCUT2D eigenvalue weighted by molar-refractivity contribution is 0.0734. The Morgan fingerprint density at radius 3 is 2.56 bits per heavy atom. The lowest BCUT2D eigenvalue weighted by Crippen LogP contribution is -2.21. The van der Waals surface area contributed by atoms with Gasteiger partial charge in [0, 0.05) is 27.2 Å². The topological polar surface area (TPSA) is 113 Å². The standard InChI is InChI=1S/C33H26Cl2N2O6/c1-3-40-30-14-19(8-12-28(30)41-18-21-7-9-22(34)15-27(21)35)31-25-11-10-24(16-29(25)43-32(37)26(31)17-36)42-33(38)20-5-4-6-23(13-20)39-2/h4-16,31H,3,18,37H2,1-2H3. The Hall–Kier alpha value is -4.84. The molecule has 43 heavy (non-hydrogen) atoms. The molecule has 0 spiro atoms. The molecule has 1 aliphatic heterocycles. The van der Waals surface area contributed by atoms with Gasteiger partial charge in [0.25, 0.3) is 0 Å². The maximum Gasteiger partial charge on any atom is 0.343 e. The van der Waals surface area contributed by atoms with Gasteiger partial charge in [0.15, 0.2) is 11.5 Å². The molecular formula is C33H26Cl2N2O6. The molecule has 0 radical (unpaired) electrons. The van der Waals surface area contributed by atoms with Gasteiger partial charge in [-0.25, -0.2) is 4.79 Å². The van der Waals surface area contributed by atoms with Crippen molar-refractivity contribution in [3.8, 4) is 34.8 Å². The summed E-state index contributed by atoms with van der Waals surface area (Å²) in [6.45, 7) is 2.45. The van der Waals surface area contributed by atoms with Crippen molar-refractivity contribution in [3.63, 3.8) is 0 Å². The van der Waals surface area contributed by atoms with E-state index >= 15 is 0 Å². The van der Waals surface area contributed by atoms with Gasteiger partial charge in [-0.2, -0.15) is 5.26 Å². The molecule has 5 rings (SSSR count). The lowest BCUT2D eigenvalue weighted by atomic mass is 9.83. The van der Waals surface area contributed by atoms with Gasteiger partial charge in [0.05, 0.1) is 25.2 Å². The molecule has 0 aliphatic carbocycles. The fourth-order valence-electron chi connectivity index (χ4n) is 4.64. The number of carbonyl (C=O) groups excluding carboxylic acids is 1. The Labute approximate surface area is 258 Å². The van der Waals surface area contributed by atoms with Crippen LogP contribution in [-0.2, 0) is 6.61 Å². The molecule has 1 aliphatic rings.